The van der Waals surface area contributed by atoms with E-state index in [4.69, 9.17) is 5.73 Å². The quantitative estimate of drug-likeness (QED) is 0.439. The molecule has 8 nitrogen and oxygen atoms in total. The average Bonchev–Trinajstić information content (AvgIpc) is 3.12. The highest BCUT2D eigenvalue weighted by Crippen LogP contribution is 2.21. The Morgan fingerprint density at radius 1 is 1.30 bits per heavy atom. The minimum absolute atomic E-state index is 0.0917. The van der Waals surface area contributed by atoms with Gasteiger partial charge in [-0.3, -0.25) is 14.4 Å². The van der Waals surface area contributed by atoms with Crippen LogP contribution in [-0.4, -0.2) is 52.2 Å². The molecule has 0 bridgehead atoms. The number of hydrogen-bond acceptors (Lipinski definition) is 6. The molecule has 1 aromatic heterocycles. The summed E-state index contributed by atoms with van der Waals surface area (Å²) in [5.41, 5.74) is 5.52. The summed E-state index contributed by atoms with van der Waals surface area (Å²) in [6.45, 7) is 3.80. The highest BCUT2D eigenvalue weighted by molar-refractivity contribution is 7.12. The van der Waals surface area contributed by atoms with Gasteiger partial charge in [-0.2, -0.15) is 0 Å². The van der Waals surface area contributed by atoms with Crippen molar-refractivity contribution in [3.05, 3.63) is 34.0 Å². The molecule has 3 amide bonds. The monoisotopic (exact) mass is 395 g/mol. The number of thiophene rings is 1. The molecule has 148 valence electrons. The van der Waals surface area contributed by atoms with Gasteiger partial charge in [-0.25, -0.2) is 0 Å². The predicted octanol–water partition coefficient (Wildman–Crippen LogP) is -0.0854. The summed E-state index contributed by atoms with van der Waals surface area (Å²) in [5, 5.41) is 27.2. The molecule has 0 fully saturated rings. The zero-order chi connectivity index (χ0) is 20.1. The van der Waals surface area contributed by atoms with Crippen LogP contribution in [0.25, 0.3) is 0 Å². The van der Waals surface area contributed by atoms with Crippen LogP contribution < -0.4 is 16.4 Å². The molecular weight excluding hydrogens is 370 g/mol. The van der Waals surface area contributed by atoms with E-state index in [1.807, 2.05) is 13.8 Å². The van der Waals surface area contributed by atoms with E-state index >= 15 is 0 Å². The van der Waals surface area contributed by atoms with E-state index in [0.29, 0.717) is 11.3 Å². The lowest BCUT2D eigenvalue weighted by Gasteiger charge is -2.31. The molecule has 0 aliphatic heterocycles. The number of carbonyl (C=O) groups is 3. The Kier molecular flexibility index (Phi) is 7.11. The lowest BCUT2D eigenvalue weighted by atomic mass is 9.89. The Labute approximate surface area is 161 Å². The Balaban J connectivity index is 2.13. The largest absolute Gasteiger partial charge is 0.390 e. The first-order chi connectivity index (χ1) is 12.7. The lowest BCUT2D eigenvalue weighted by molar-refractivity contribution is -0.126. The van der Waals surface area contributed by atoms with Crippen molar-refractivity contribution < 1.29 is 24.6 Å². The third-order valence-electron chi connectivity index (χ3n) is 4.26. The SMILES string of the molecule is CC(C)CC(NC(=O)C1=CC(NC(=O)c2cccs2)C(O)C(O)C1)C(N)=O. The van der Waals surface area contributed by atoms with Gasteiger partial charge in [0, 0.05) is 12.0 Å². The van der Waals surface area contributed by atoms with Crippen LogP contribution >= 0.6 is 11.3 Å². The standard InChI is InChI=1S/C18H25N3O5S/c1-9(2)6-12(16(19)24)21-17(25)10-7-11(15(23)13(22)8-10)20-18(26)14-4-3-5-27-14/h3-5,7,9,11-13,15,22-23H,6,8H2,1-2H3,(H2,19,24)(H,20,26)(H,21,25). The van der Waals surface area contributed by atoms with Crippen molar-refractivity contribution in [2.75, 3.05) is 0 Å². The summed E-state index contributed by atoms with van der Waals surface area (Å²) in [6, 6.07) is 1.59. The van der Waals surface area contributed by atoms with Crippen LogP contribution in [0.4, 0.5) is 0 Å². The number of hydrogen-bond donors (Lipinski definition) is 5. The fourth-order valence-corrected chi connectivity index (χ4v) is 3.49. The van der Waals surface area contributed by atoms with Gasteiger partial charge in [0.05, 0.1) is 17.0 Å². The normalized spacial score (nSPS) is 23.4. The van der Waals surface area contributed by atoms with Crippen molar-refractivity contribution in [3.63, 3.8) is 0 Å². The van der Waals surface area contributed by atoms with Crippen molar-refractivity contribution in [3.8, 4) is 0 Å². The third kappa shape index (κ3) is 5.62. The number of rotatable bonds is 7. The van der Waals surface area contributed by atoms with Crippen LogP contribution in [0.5, 0.6) is 0 Å². The molecule has 4 unspecified atom stereocenters. The van der Waals surface area contributed by atoms with E-state index in [0.717, 1.165) is 0 Å². The van der Waals surface area contributed by atoms with E-state index < -0.39 is 42.0 Å². The molecule has 0 saturated heterocycles. The maximum Gasteiger partial charge on any atom is 0.261 e. The van der Waals surface area contributed by atoms with E-state index in [1.54, 1.807) is 17.5 Å². The highest BCUT2D eigenvalue weighted by atomic mass is 32.1. The first kappa shape index (κ1) is 21.1. The molecule has 0 radical (unpaired) electrons. The zero-order valence-corrected chi connectivity index (χ0v) is 16.0. The maximum absolute atomic E-state index is 12.5. The fourth-order valence-electron chi connectivity index (χ4n) is 2.86. The lowest BCUT2D eigenvalue weighted by Crippen LogP contribution is -2.52. The minimum atomic E-state index is -1.24. The van der Waals surface area contributed by atoms with Crippen LogP contribution in [0.2, 0.25) is 0 Å². The van der Waals surface area contributed by atoms with Gasteiger partial charge in [-0.15, -0.1) is 11.3 Å². The number of primary amides is 1. The van der Waals surface area contributed by atoms with Crippen LogP contribution in [0.1, 0.15) is 36.4 Å². The molecule has 1 aromatic rings. The molecule has 4 atom stereocenters. The van der Waals surface area contributed by atoms with Gasteiger partial charge >= 0.3 is 0 Å². The van der Waals surface area contributed by atoms with Crippen molar-refractivity contribution in [1.29, 1.82) is 0 Å². The Bertz CT molecular complexity index is 717. The molecule has 0 aromatic carbocycles. The van der Waals surface area contributed by atoms with E-state index in [-0.39, 0.29) is 17.9 Å². The molecule has 6 N–H and O–H groups in total. The Hall–Kier alpha value is -2.23. The molecule has 0 saturated carbocycles. The van der Waals surface area contributed by atoms with Gasteiger partial charge in [-0.05, 0) is 23.8 Å². The number of nitrogens with one attached hydrogen (secondary N) is 2. The summed E-state index contributed by atoms with van der Waals surface area (Å²) in [4.78, 5) is 36.7. The zero-order valence-electron chi connectivity index (χ0n) is 15.2. The Morgan fingerprint density at radius 3 is 2.56 bits per heavy atom. The number of aliphatic hydroxyl groups is 2. The van der Waals surface area contributed by atoms with Crippen LogP contribution in [0, 0.1) is 5.92 Å². The van der Waals surface area contributed by atoms with Crippen LogP contribution in [0.15, 0.2) is 29.2 Å². The predicted molar refractivity (Wildman–Crippen MR) is 101 cm³/mol. The van der Waals surface area contributed by atoms with Gasteiger partial charge in [0.2, 0.25) is 11.8 Å². The molecule has 1 heterocycles. The smallest absolute Gasteiger partial charge is 0.261 e. The molecular formula is C18H25N3O5S. The molecule has 2 rings (SSSR count). The molecule has 27 heavy (non-hydrogen) atoms. The molecule has 1 aliphatic carbocycles. The highest BCUT2D eigenvalue weighted by Gasteiger charge is 2.34. The second-order valence-electron chi connectivity index (χ2n) is 6.99. The van der Waals surface area contributed by atoms with Crippen molar-refractivity contribution >= 4 is 29.1 Å². The van der Waals surface area contributed by atoms with E-state index in [9.17, 15) is 24.6 Å². The van der Waals surface area contributed by atoms with Gasteiger partial charge in [0.15, 0.2) is 0 Å². The first-order valence-corrected chi connectivity index (χ1v) is 9.58. The Morgan fingerprint density at radius 2 is 2.00 bits per heavy atom. The molecule has 0 spiro atoms. The van der Waals surface area contributed by atoms with Crippen LogP contribution in [0.3, 0.4) is 0 Å². The van der Waals surface area contributed by atoms with Gasteiger partial charge in [-0.1, -0.05) is 26.0 Å². The maximum atomic E-state index is 12.5. The summed E-state index contributed by atoms with van der Waals surface area (Å²) in [7, 11) is 0. The first-order valence-electron chi connectivity index (χ1n) is 8.70. The second-order valence-corrected chi connectivity index (χ2v) is 7.94. The van der Waals surface area contributed by atoms with Gasteiger partial charge in [0.25, 0.3) is 5.91 Å². The number of aliphatic hydroxyl groups excluding tert-OH is 2. The summed E-state index contributed by atoms with van der Waals surface area (Å²) < 4.78 is 0. The minimum Gasteiger partial charge on any atom is -0.390 e. The molecule has 9 heteroatoms. The summed E-state index contributed by atoms with van der Waals surface area (Å²) >= 11 is 1.24. The van der Waals surface area contributed by atoms with Crippen molar-refractivity contribution in [2.45, 2.75) is 51.0 Å². The molecule has 1 aliphatic rings. The van der Waals surface area contributed by atoms with Crippen molar-refractivity contribution in [1.82, 2.24) is 10.6 Å². The second kappa shape index (κ2) is 9.12. The summed E-state index contributed by atoms with van der Waals surface area (Å²) in [5.74, 6) is -1.46. The average molecular weight is 395 g/mol. The van der Waals surface area contributed by atoms with E-state index in [2.05, 4.69) is 10.6 Å². The summed E-state index contributed by atoms with van der Waals surface area (Å²) in [6.07, 6.45) is -0.760. The van der Waals surface area contributed by atoms with Gasteiger partial charge < -0.3 is 26.6 Å². The van der Waals surface area contributed by atoms with Crippen molar-refractivity contribution in [2.24, 2.45) is 11.7 Å². The van der Waals surface area contributed by atoms with E-state index in [1.165, 1.54) is 17.4 Å². The third-order valence-corrected chi connectivity index (χ3v) is 5.13. The number of carbonyl (C=O) groups excluding carboxylic acids is 3. The van der Waals surface area contributed by atoms with Crippen LogP contribution in [-0.2, 0) is 9.59 Å². The topological polar surface area (TPSA) is 142 Å². The van der Waals surface area contributed by atoms with Gasteiger partial charge in [0.1, 0.15) is 12.1 Å². The fraction of sp³-hybridized carbons (Fsp3) is 0.500. The number of amides is 3. The number of nitrogens with two attached hydrogens (primary N) is 1.